The number of carbonyl (C=O) groups excluding carboxylic acids is 2. The van der Waals surface area contributed by atoms with Gasteiger partial charge in [-0.25, -0.2) is 9.78 Å². The lowest BCUT2D eigenvalue weighted by Gasteiger charge is -2.11. The summed E-state index contributed by atoms with van der Waals surface area (Å²) < 4.78 is 6.26. The van der Waals surface area contributed by atoms with Crippen LogP contribution in [0.3, 0.4) is 0 Å². The van der Waals surface area contributed by atoms with Gasteiger partial charge in [-0.05, 0) is 24.3 Å². The van der Waals surface area contributed by atoms with Crippen LogP contribution < -0.4 is 10.9 Å². The van der Waals surface area contributed by atoms with E-state index < -0.39 is 18.5 Å². The van der Waals surface area contributed by atoms with Crippen molar-refractivity contribution >= 4 is 51.7 Å². The number of benzene rings is 2. The van der Waals surface area contributed by atoms with E-state index in [2.05, 4.69) is 15.4 Å². The first kappa shape index (κ1) is 21.5. The van der Waals surface area contributed by atoms with Gasteiger partial charge in [-0.3, -0.25) is 9.59 Å². The van der Waals surface area contributed by atoms with E-state index in [1.807, 2.05) is 0 Å². The van der Waals surface area contributed by atoms with Gasteiger partial charge in [0, 0.05) is 11.6 Å². The fourth-order valence-corrected chi connectivity index (χ4v) is 3.39. The number of esters is 1. The second kappa shape index (κ2) is 9.17. The Bertz CT molecular complexity index is 1390. The van der Waals surface area contributed by atoms with Crippen LogP contribution in [0.4, 0.5) is 5.82 Å². The second-order valence-electron chi connectivity index (χ2n) is 6.55. The van der Waals surface area contributed by atoms with Gasteiger partial charge in [-0.15, -0.1) is 0 Å². The Balaban J connectivity index is 1.60. The smallest absolute Gasteiger partial charge is 0.359 e. The minimum Gasteiger partial charge on any atom is -0.451 e. The molecule has 2 aromatic carbocycles. The molecule has 1 N–H and O–H groups in total. The number of para-hydroxylation sites is 1. The van der Waals surface area contributed by atoms with Crippen LogP contribution in [0.25, 0.3) is 16.5 Å². The average Bonchev–Trinajstić information content (AvgIpc) is 2.80. The van der Waals surface area contributed by atoms with E-state index in [9.17, 15) is 14.4 Å². The van der Waals surface area contributed by atoms with Crippen molar-refractivity contribution < 1.29 is 14.3 Å². The normalized spacial score (nSPS) is 10.7. The number of nitrogens with zero attached hydrogens (tertiary/aromatic N) is 3. The summed E-state index contributed by atoms with van der Waals surface area (Å²) in [6, 6.07) is 16.6. The Labute approximate surface area is 191 Å². The molecule has 32 heavy (non-hydrogen) atoms. The number of pyridine rings is 1. The van der Waals surface area contributed by atoms with Gasteiger partial charge in [0.1, 0.15) is 0 Å². The molecule has 0 bridgehead atoms. The number of aromatic nitrogens is 3. The summed E-state index contributed by atoms with van der Waals surface area (Å²) in [6.45, 7) is -0.611. The quantitative estimate of drug-likeness (QED) is 0.445. The van der Waals surface area contributed by atoms with Gasteiger partial charge in [0.2, 0.25) is 0 Å². The Hall–Kier alpha value is -3.75. The van der Waals surface area contributed by atoms with E-state index in [0.717, 1.165) is 4.68 Å². The Morgan fingerprint density at radius 1 is 1.00 bits per heavy atom. The number of hydrogen-bond acceptors (Lipinski definition) is 6. The van der Waals surface area contributed by atoms with Crippen molar-refractivity contribution in [2.24, 2.45) is 0 Å². The molecule has 0 spiro atoms. The maximum Gasteiger partial charge on any atom is 0.359 e. The molecule has 0 fully saturated rings. The van der Waals surface area contributed by atoms with Gasteiger partial charge < -0.3 is 10.1 Å². The highest BCUT2D eigenvalue weighted by Crippen LogP contribution is 2.22. The highest BCUT2D eigenvalue weighted by molar-refractivity contribution is 6.36. The number of fused-ring (bicyclic) bond motifs is 1. The van der Waals surface area contributed by atoms with Crippen molar-refractivity contribution in [2.75, 3.05) is 11.9 Å². The predicted molar refractivity (Wildman–Crippen MR) is 121 cm³/mol. The number of hydrogen-bond donors (Lipinski definition) is 1. The van der Waals surface area contributed by atoms with Gasteiger partial charge in [0.15, 0.2) is 18.1 Å². The summed E-state index contributed by atoms with van der Waals surface area (Å²) in [5.74, 6) is -1.44. The molecule has 0 radical (unpaired) electrons. The van der Waals surface area contributed by atoms with Crippen LogP contribution in [0, 0.1) is 0 Å². The molecule has 160 valence electrons. The molecular weight excluding hydrogens is 455 g/mol. The van der Waals surface area contributed by atoms with E-state index in [1.54, 1.807) is 54.6 Å². The highest BCUT2D eigenvalue weighted by atomic mass is 35.5. The van der Waals surface area contributed by atoms with Crippen molar-refractivity contribution in [3.63, 3.8) is 0 Å². The number of ether oxygens (including phenoxy) is 1. The minimum absolute atomic E-state index is 0.0818. The lowest BCUT2D eigenvalue weighted by atomic mass is 10.1. The number of rotatable bonds is 5. The molecule has 0 atom stereocenters. The molecule has 10 heteroatoms. The van der Waals surface area contributed by atoms with Crippen LogP contribution in [0.2, 0.25) is 10.0 Å². The standard InChI is InChI=1S/C22H14Cl2N4O4/c23-13-10-17(24)20(25-11-13)26-18(29)12-32-22(31)19-15-8-4-5-9-16(15)21(30)28(27-19)14-6-2-1-3-7-14/h1-11H,12H2,(H,25,26,29). The number of anilines is 1. The molecule has 0 aliphatic heterocycles. The number of nitrogens with one attached hydrogen (secondary N) is 1. The first-order valence-corrected chi connectivity index (χ1v) is 10.0. The first-order valence-electron chi connectivity index (χ1n) is 9.29. The van der Waals surface area contributed by atoms with E-state index >= 15 is 0 Å². The molecule has 2 heterocycles. The van der Waals surface area contributed by atoms with Crippen molar-refractivity contribution in [1.29, 1.82) is 0 Å². The van der Waals surface area contributed by atoms with Gasteiger partial charge in [-0.1, -0.05) is 59.6 Å². The van der Waals surface area contributed by atoms with Gasteiger partial charge in [-0.2, -0.15) is 9.78 Å². The summed E-state index contributed by atoms with van der Waals surface area (Å²) in [6.07, 6.45) is 1.32. The van der Waals surface area contributed by atoms with E-state index in [-0.39, 0.29) is 22.1 Å². The zero-order chi connectivity index (χ0) is 22.7. The maximum atomic E-state index is 12.9. The first-order chi connectivity index (χ1) is 15.4. The molecule has 0 unspecified atom stereocenters. The number of halogens is 2. The third-order valence-electron chi connectivity index (χ3n) is 4.40. The average molecular weight is 469 g/mol. The fourth-order valence-electron chi connectivity index (χ4n) is 2.96. The summed E-state index contributed by atoms with van der Waals surface area (Å²) in [5.41, 5.74) is 0.00236. The molecule has 4 rings (SSSR count). The molecule has 0 aliphatic rings. The van der Waals surface area contributed by atoms with Crippen LogP contribution in [0.5, 0.6) is 0 Å². The molecule has 2 aromatic heterocycles. The van der Waals surface area contributed by atoms with Crippen molar-refractivity contribution in [3.05, 3.63) is 93.0 Å². The molecule has 1 amide bonds. The van der Waals surface area contributed by atoms with Crippen molar-refractivity contribution in [2.45, 2.75) is 0 Å². The van der Waals surface area contributed by atoms with Gasteiger partial charge in [0.05, 0.1) is 21.1 Å². The Kier molecular flexibility index (Phi) is 6.16. The monoisotopic (exact) mass is 468 g/mol. The van der Waals surface area contributed by atoms with Crippen LogP contribution in [-0.2, 0) is 9.53 Å². The fraction of sp³-hybridized carbons (Fsp3) is 0.0455. The van der Waals surface area contributed by atoms with E-state index in [0.29, 0.717) is 21.5 Å². The third kappa shape index (κ3) is 4.46. The SMILES string of the molecule is O=C(COC(=O)c1nn(-c2ccccc2)c(=O)c2ccccc12)Nc1ncc(Cl)cc1Cl. The Morgan fingerprint density at radius 2 is 1.69 bits per heavy atom. The number of amides is 1. The van der Waals surface area contributed by atoms with E-state index in [1.165, 1.54) is 12.3 Å². The van der Waals surface area contributed by atoms with Crippen LogP contribution in [-0.4, -0.2) is 33.2 Å². The zero-order valence-electron chi connectivity index (χ0n) is 16.3. The Morgan fingerprint density at radius 3 is 2.41 bits per heavy atom. The van der Waals surface area contributed by atoms with Crippen LogP contribution >= 0.6 is 23.2 Å². The second-order valence-corrected chi connectivity index (χ2v) is 7.40. The topological polar surface area (TPSA) is 103 Å². The third-order valence-corrected chi connectivity index (χ3v) is 4.89. The molecule has 0 saturated carbocycles. The lowest BCUT2D eigenvalue weighted by molar-refractivity contribution is -0.119. The highest BCUT2D eigenvalue weighted by Gasteiger charge is 2.20. The maximum absolute atomic E-state index is 12.9. The molecular formula is C22H14Cl2N4O4. The summed E-state index contributed by atoms with van der Waals surface area (Å²) in [4.78, 5) is 41.8. The molecule has 8 nitrogen and oxygen atoms in total. The van der Waals surface area contributed by atoms with Crippen LogP contribution in [0.15, 0.2) is 71.7 Å². The largest absolute Gasteiger partial charge is 0.451 e. The summed E-state index contributed by atoms with van der Waals surface area (Å²) in [5, 5.41) is 7.70. The van der Waals surface area contributed by atoms with Crippen LogP contribution in [0.1, 0.15) is 10.5 Å². The zero-order valence-corrected chi connectivity index (χ0v) is 17.8. The summed E-state index contributed by atoms with van der Waals surface area (Å²) >= 11 is 11.8. The van der Waals surface area contributed by atoms with Crippen molar-refractivity contribution in [3.8, 4) is 5.69 Å². The van der Waals surface area contributed by atoms with Gasteiger partial charge >= 0.3 is 5.97 Å². The molecule has 0 aliphatic carbocycles. The summed E-state index contributed by atoms with van der Waals surface area (Å²) in [7, 11) is 0. The van der Waals surface area contributed by atoms with Gasteiger partial charge in [0.25, 0.3) is 11.5 Å². The predicted octanol–water partition coefficient (Wildman–Crippen LogP) is 3.88. The number of carbonyl (C=O) groups is 2. The molecule has 4 aromatic rings. The van der Waals surface area contributed by atoms with Crippen molar-refractivity contribution in [1.82, 2.24) is 14.8 Å². The minimum atomic E-state index is -0.865. The van der Waals surface area contributed by atoms with E-state index in [4.69, 9.17) is 27.9 Å². The lowest BCUT2D eigenvalue weighted by Crippen LogP contribution is -2.27. The molecule has 0 saturated heterocycles.